The van der Waals surface area contributed by atoms with E-state index in [0.717, 1.165) is 95.2 Å². The normalized spacial score (nSPS) is 16.5. The van der Waals surface area contributed by atoms with Crippen molar-refractivity contribution in [1.29, 1.82) is 5.26 Å². The molecule has 2 N–H and O–H groups in total. The fraction of sp³-hybridized carbons (Fsp3) is 0.447. The number of aromatic nitrogens is 1. The average molecular weight is 899 g/mol. The summed E-state index contributed by atoms with van der Waals surface area (Å²) in [6.45, 7) is 4.80. The highest BCUT2D eigenvalue weighted by atomic mass is 35.5. The zero-order valence-corrected chi connectivity index (χ0v) is 37.3. The number of methoxy groups -OCH3 is 2. The van der Waals surface area contributed by atoms with E-state index in [1.807, 2.05) is 17.0 Å². The second kappa shape index (κ2) is 21.2. The van der Waals surface area contributed by atoms with Gasteiger partial charge in [-0.2, -0.15) is 5.26 Å². The number of hydrogen-bond acceptors (Lipinski definition) is 11. The van der Waals surface area contributed by atoms with Gasteiger partial charge in [-0.15, -0.1) is 0 Å². The Bertz CT molecular complexity index is 2400. The minimum absolute atomic E-state index is 0.134. The van der Waals surface area contributed by atoms with Gasteiger partial charge in [0, 0.05) is 81.4 Å². The number of nitriles is 1. The highest BCUT2D eigenvalue weighted by Gasteiger charge is 2.39. The molecule has 2 saturated heterocycles. The van der Waals surface area contributed by atoms with Crippen molar-refractivity contribution in [3.63, 3.8) is 0 Å². The molecule has 0 spiro atoms. The quantitative estimate of drug-likeness (QED) is 0.0696. The largest absolute Gasteiger partial charge is 0.495 e. The molecule has 0 radical (unpaired) electrons. The molecular formula is C47H53Cl2N7O7. The van der Waals surface area contributed by atoms with Crippen molar-refractivity contribution in [3.05, 3.63) is 81.0 Å². The van der Waals surface area contributed by atoms with Gasteiger partial charge in [0.1, 0.15) is 17.9 Å². The first-order valence-corrected chi connectivity index (χ1v) is 22.4. The van der Waals surface area contributed by atoms with Crippen LogP contribution in [0.3, 0.4) is 0 Å². The van der Waals surface area contributed by atoms with Crippen molar-refractivity contribution >= 4 is 69.1 Å². The van der Waals surface area contributed by atoms with Crippen LogP contribution in [0.5, 0.6) is 17.2 Å². The predicted octanol–water partition coefficient (Wildman–Crippen LogP) is 7.82. The Morgan fingerprint density at radius 3 is 2.43 bits per heavy atom. The van der Waals surface area contributed by atoms with Crippen molar-refractivity contribution < 1.29 is 33.4 Å². The van der Waals surface area contributed by atoms with E-state index < -0.39 is 6.04 Å². The Balaban J connectivity index is 0.783. The number of halogens is 2. The number of anilines is 2. The van der Waals surface area contributed by atoms with Crippen LogP contribution in [0, 0.1) is 11.3 Å². The highest BCUT2D eigenvalue weighted by molar-refractivity contribution is 6.37. The molecule has 3 aliphatic heterocycles. The zero-order chi connectivity index (χ0) is 44.5. The van der Waals surface area contributed by atoms with Gasteiger partial charge in [0.05, 0.1) is 53.3 Å². The van der Waals surface area contributed by atoms with Crippen molar-refractivity contribution in [2.75, 3.05) is 58.9 Å². The van der Waals surface area contributed by atoms with Crippen molar-refractivity contribution in [3.8, 4) is 23.3 Å². The summed E-state index contributed by atoms with van der Waals surface area (Å²) in [5.74, 6) is 0.905. The van der Waals surface area contributed by atoms with Crippen LogP contribution in [0.25, 0.3) is 10.9 Å². The Morgan fingerprint density at radius 2 is 1.68 bits per heavy atom. The average Bonchev–Trinajstić information content (AvgIpc) is 3.62. The number of unbranched alkanes of at least 4 members (excludes halogenated alkanes) is 5. The molecule has 4 aromatic rings. The number of imide groups is 1. The summed E-state index contributed by atoms with van der Waals surface area (Å²) >= 11 is 12.7. The second-order valence-electron chi connectivity index (χ2n) is 16.2. The fourth-order valence-corrected chi connectivity index (χ4v) is 9.15. The molecule has 0 aliphatic carbocycles. The number of nitrogens with one attached hydrogen (secondary N) is 2. The van der Waals surface area contributed by atoms with E-state index in [9.17, 15) is 24.4 Å². The van der Waals surface area contributed by atoms with E-state index in [4.69, 9.17) is 37.4 Å². The lowest BCUT2D eigenvalue weighted by Crippen LogP contribution is -2.52. The van der Waals surface area contributed by atoms with Crippen molar-refractivity contribution in [1.82, 2.24) is 25.0 Å². The van der Waals surface area contributed by atoms with E-state index in [2.05, 4.69) is 32.7 Å². The maximum absolute atomic E-state index is 13.1. The van der Waals surface area contributed by atoms with E-state index in [1.54, 1.807) is 36.3 Å². The monoisotopic (exact) mass is 897 g/mol. The number of benzene rings is 3. The van der Waals surface area contributed by atoms with Gasteiger partial charge in [-0.05, 0) is 61.4 Å². The molecule has 332 valence electrons. The van der Waals surface area contributed by atoms with Crippen LogP contribution in [0.2, 0.25) is 10.0 Å². The first kappa shape index (κ1) is 45.4. The Morgan fingerprint density at radius 1 is 0.921 bits per heavy atom. The van der Waals surface area contributed by atoms with Crippen LogP contribution < -0.4 is 24.8 Å². The number of nitrogens with zero attached hydrogens (tertiary/aromatic N) is 5. The number of piperidine rings is 1. The number of rotatable bonds is 19. The highest BCUT2D eigenvalue weighted by Crippen LogP contribution is 2.40. The molecule has 4 heterocycles. The summed E-state index contributed by atoms with van der Waals surface area (Å²) in [5, 5.41) is 16.9. The lowest BCUT2D eigenvalue weighted by Gasteiger charge is -2.34. The number of hydrogen-bond donors (Lipinski definition) is 2. The van der Waals surface area contributed by atoms with Gasteiger partial charge in [-0.1, -0.05) is 61.0 Å². The van der Waals surface area contributed by atoms with E-state index in [-0.39, 0.29) is 30.0 Å². The number of aryl methyl sites for hydroxylation is 1. The SMILES string of the molecule is COc1cc(Nc2c(C#N)cnc3cc(OCCCN4CCN(C(=O)CCCCCCCCc5cccc6c5CN(C5CCC(=O)NC5=O)C6=O)CC4)c(OC)cc23)c(Cl)cc1Cl. The Labute approximate surface area is 377 Å². The molecule has 14 nitrogen and oxygen atoms in total. The minimum Gasteiger partial charge on any atom is -0.495 e. The van der Waals surface area contributed by atoms with Crippen molar-refractivity contribution in [2.24, 2.45) is 0 Å². The lowest BCUT2D eigenvalue weighted by molar-refractivity contribution is -0.137. The number of carbonyl (C=O) groups excluding carboxylic acids is 4. The number of ether oxygens (including phenoxy) is 3. The van der Waals surface area contributed by atoms with Crippen LogP contribution in [-0.2, 0) is 27.3 Å². The van der Waals surface area contributed by atoms with E-state index >= 15 is 0 Å². The van der Waals surface area contributed by atoms with E-state index in [0.29, 0.717) is 86.7 Å². The van der Waals surface area contributed by atoms with E-state index in [1.165, 1.54) is 13.3 Å². The molecule has 3 aromatic carbocycles. The molecule has 1 unspecified atom stereocenters. The molecule has 0 saturated carbocycles. The molecule has 7 rings (SSSR count). The van der Waals surface area contributed by atoms with Crippen LogP contribution in [-0.4, -0.2) is 103 Å². The van der Waals surface area contributed by atoms with Crippen LogP contribution >= 0.6 is 23.2 Å². The van der Waals surface area contributed by atoms with Gasteiger partial charge >= 0.3 is 0 Å². The number of piperazine rings is 1. The summed E-state index contributed by atoms with van der Waals surface area (Å²) < 4.78 is 17.2. The molecule has 63 heavy (non-hydrogen) atoms. The van der Waals surface area contributed by atoms with Gasteiger partial charge in [0.15, 0.2) is 11.5 Å². The smallest absolute Gasteiger partial charge is 0.255 e. The first-order valence-electron chi connectivity index (χ1n) is 21.7. The van der Waals surface area contributed by atoms with Gasteiger partial charge in [-0.3, -0.25) is 34.4 Å². The molecule has 16 heteroatoms. The molecule has 1 aromatic heterocycles. The zero-order valence-electron chi connectivity index (χ0n) is 35.8. The summed E-state index contributed by atoms with van der Waals surface area (Å²) in [7, 11) is 3.08. The summed E-state index contributed by atoms with van der Waals surface area (Å²) in [6.07, 6.45) is 10.5. The Hall–Kier alpha value is -5.62. The predicted molar refractivity (Wildman–Crippen MR) is 241 cm³/mol. The third-order valence-corrected chi connectivity index (χ3v) is 12.8. The molecule has 2 fully saturated rings. The van der Waals surface area contributed by atoms with Crippen LogP contribution in [0.15, 0.2) is 48.7 Å². The maximum atomic E-state index is 13.1. The second-order valence-corrected chi connectivity index (χ2v) is 17.0. The Kier molecular flexibility index (Phi) is 15.3. The number of fused-ring (bicyclic) bond motifs is 2. The van der Waals surface area contributed by atoms with Gasteiger partial charge in [0.25, 0.3) is 5.91 Å². The number of carbonyl (C=O) groups is 4. The van der Waals surface area contributed by atoms with Gasteiger partial charge in [-0.25, -0.2) is 0 Å². The first-order chi connectivity index (χ1) is 30.6. The topological polar surface area (TPSA) is 166 Å². The summed E-state index contributed by atoms with van der Waals surface area (Å²) in [5.41, 5.74) is 4.77. The van der Waals surface area contributed by atoms with Crippen LogP contribution in [0.1, 0.15) is 91.3 Å². The van der Waals surface area contributed by atoms with Crippen LogP contribution in [0.4, 0.5) is 11.4 Å². The molecule has 0 bridgehead atoms. The van der Waals surface area contributed by atoms with Gasteiger partial charge in [0.2, 0.25) is 17.7 Å². The molecular weight excluding hydrogens is 845 g/mol. The van der Waals surface area contributed by atoms with Crippen molar-refractivity contribution in [2.45, 2.75) is 83.2 Å². The number of amides is 4. The molecule has 3 aliphatic rings. The standard InChI is InChI=1S/C47H53Cl2N7O7/c1-61-40-26-38(35(48)24-36(40)49)52-45-31(27-50)28-51-37-25-42(41(62-2)23-33(37)45)63-22-10-17-54-18-20-55(21-19-54)44(58)14-8-6-4-3-5-7-11-30-12-9-13-32-34(30)29-56(47(32)60)39-15-16-43(57)53-46(39)59/h9,12-13,23-26,28,39H,3-8,10-11,14-22,29H2,1-2H3,(H,51,52)(H,53,57,59). The molecule has 4 amide bonds. The summed E-state index contributed by atoms with van der Waals surface area (Å²) in [6, 6.07) is 14.3. The third kappa shape index (κ3) is 10.8. The van der Waals surface area contributed by atoms with Gasteiger partial charge < -0.3 is 29.3 Å². The lowest BCUT2D eigenvalue weighted by atomic mass is 9.98. The maximum Gasteiger partial charge on any atom is 0.255 e. The minimum atomic E-state index is -0.602. The third-order valence-electron chi connectivity index (χ3n) is 12.1. The molecule has 1 atom stereocenters. The fourth-order valence-electron chi connectivity index (χ4n) is 8.64. The summed E-state index contributed by atoms with van der Waals surface area (Å²) in [4.78, 5) is 60.7. The number of pyridine rings is 1.